The van der Waals surface area contributed by atoms with E-state index in [1.54, 1.807) is 0 Å². The van der Waals surface area contributed by atoms with Gasteiger partial charge in [-0.3, -0.25) is 10.2 Å². The molecule has 0 aliphatic carbocycles. The Morgan fingerprint density at radius 3 is 2.73 bits per heavy atom. The van der Waals surface area contributed by atoms with Crippen molar-refractivity contribution in [2.24, 2.45) is 5.84 Å². The Hall–Kier alpha value is -0.610. The zero-order chi connectivity index (χ0) is 8.53. The molecule has 0 fully saturated rings. The molecule has 0 rings (SSSR count). The van der Waals surface area contributed by atoms with E-state index in [2.05, 4.69) is 17.7 Å². The molecule has 0 unspecified atom stereocenters. The minimum Gasteiger partial charge on any atom is -0.316 e. The maximum atomic E-state index is 10.6. The van der Waals surface area contributed by atoms with E-state index in [1.807, 2.05) is 0 Å². The SMILES string of the molecule is CCCCNCCC(=O)NN. The van der Waals surface area contributed by atoms with E-state index in [9.17, 15) is 4.79 Å². The molecule has 0 saturated heterocycles. The summed E-state index contributed by atoms with van der Waals surface area (Å²) >= 11 is 0. The first kappa shape index (κ1) is 10.4. The smallest absolute Gasteiger partial charge is 0.235 e. The van der Waals surface area contributed by atoms with Gasteiger partial charge in [-0.2, -0.15) is 0 Å². The monoisotopic (exact) mass is 159 g/mol. The number of unbranched alkanes of at least 4 members (excludes halogenated alkanes) is 1. The molecular weight excluding hydrogens is 142 g/mol. The topological polar surface area (TPSA) is 67.2 Å². The number of nitrogens with one attached hydrogen (secondary N) is 2. The summed E-state index contributed by atoms with van der Waals surface area (Å²) in [6.07, 6.45) is 2.79. The van der Waals surface area contributed by atoms with Gasteiger partial charge < -0.3 is 5.32 Å². The van der Waals surface area contributed by atoms with Crippen molar-refractivity contribution in [1.82, 2.24) is 10.7 Å². The van der Waals surface area contributed by atoms with Crippen LogP contribution in [-0.4, -0.2) is 19.0 Å². The maximum absolute atomic E-state index is 10.6. The fourth-order valence-electron chi connectivity index (χ4n) is 0.701. The van der Waals surface area contributed by atoms with Gasteiger partial charge in [0.2, 0.25) is 5.91 Å². The number of nitrogens with two attached hydrogens (primary N) is 1. The van der Waals surface area contributed by atoms with Gasteiger partial charge in [-0.25, -0.2) is 5.84 Å². The van der Waals surface area contributed by atoms with Gasteiger partial charge >= 0.3 is 0 Å². The highest BCUT2D eigenvalue weighted by Gasteiger charge is 1.95. The van der Waals surface area contributed by atoms with E-state index in [4.69, 9.17) is 5.84 Å². The second-order valence-electron chi connectivity index (χ2n) is 2.42. The zero-order valence-corrected chi connectivity index (χ0v) is 7.02. The van der Waals surface area contributed by atoms with Gasteiger partial charge in [-0.05, 0) is 13.0 Å². The van der Waals surface area contributed by atoms with E-state index < -0.39 is 0 Å². The number of hydrogen-bond donors (Lipinski definition) is 3. The molecule has 0 spiro atoms. The molecule has 0 aliphatic rings. The summed E-state index contributed by atoms with van der Waals surface area (Å²) in [4.78, 5) is 10.6. The summed E-state index contributed by atoms with van der Waals surface area (Å²) in [7, 11) is 0. The molecule has 0 aromatic heterocycles. The summed E-state index contributed by atoms with van der Waals surface area (Å²) < 4.78 is 0. The number of hydrogen-bond acceptors (Lipinski definition) is 3. The fraction of sp³-hybridized carbons (Fsp3) is 0.857. The van der Waals surface area contributed by atoms with Gasteiger partial charge in [0, 0.05) is 13.0 Å². The van der Waals surface area contributed by atoms with E-state index in [0.717, 1.165) is 13.0 Å². The third-order valence-corrected chi connectivity index (χ3v) is 1.40. The average molecular weight is 159 g/mol. The Kier molecular flexibility index (Phi) is 7.08. The standard InChI is InChI=1S/C7H17N3O/c1-2-3-5-9-6-4-7(11)10-8/h9H,2-6,8H2,1H3,(H,10,11). The third-order valence-electron chi connectivity index (χ3n) is 1.40. The number of rotatable bonds is 6. The van der Waals surface area contributed by atoms with Crippen LogP contribution in [0.4, 0.5) is 0 Å². The van der Waals surface area contributed by atoms with Crippen LogP contribution < -0.4 is 16.6 Å². The highest BCUT2D eigenvalue weighted by Crippen LogP contribution is 1.82. The highest BCUT2D eigenvalue weighted by atomic mass is 16.2. The van der Waals surface area contributed by atoms with Crippen molar-refractivity contribution >= 4 is 5.91 Å². The maximum Gasteiger partial charge on any atom is 0.235 e. The van der Waals surface area contributed by atoms with Crippen molar-refractivity contribution in [3.8, 4) is 0 Å². The molecule has 0 bridgehead atoms. The van der Waals surface area contributed by atoms with Gasteiger partial charge in [-0.1, -0.05) is 13.3 Å². The number of amides is 1. The van der Waals surface area contributed by atoms with Crippen molar-refractivity contribution in [1.29, 1.82) is 0 Å². The summed E-state index contributed by atoms with van der Waals surface area (Å²) in [6, 6.07) is 0. The molecule has 0 aromatic carbocycles. The molecule has 4 heteroatoms. The van der Waals surface area contributed by atoms with E-state index in [1.165, 1.54) is 6.42 Å². The predicted octanol–water partition coefficient (Wildman–Crippen LogP) is -0.244. The van der Waals surface area contributed by atoms with Crippen molar-refractivity contribution < 1.29 is 4.79 Å². The number of hydrazine groups is 1. The lowest BCUT2D eigenvalue weighted by molar-refractivity contribution is -0.121. The second kappa shape index (κ2) is 7.50. The first-order valence-corrected chi connectivity index (χ1v) is 4.01. The van der Waals surface area contributed by atoms with E-state index >= 15 is 0 Å². The third kappa shape index (κ3) is 7.29. The molecule has 0 aliphatic heterocycles. The molecule has 0 radical (unpaired) electrons. The Balaban J connectivity index is 2.95. The molecule has 0 heterocycles. The van der Waals surface area contributed by atoms with Crippen LogP contribution in [-0.2, 0) is 4.79 Å². The average Bonchev–Trinajstić information content (AvgIpc) is 2.04. The molecule has 11 heavy (non-hydrogen) atoms. The van der Waals surface area contributed by atoms with Gasteiger partial charge in [0.05, 0.1) is 0 Å². The van der Waals surface area contributed by atoms with Crippen molar-refractivity contribution in [3.05, 3.63) is 0 Å². The first-order chi connectivity index (χ1) is 5.31. The summed E-state index contributed by atoms with van der Waals surface area (Å²) in [5.74, 6) is 4.77. The van der Waals surface area contributed by atoms with Gasteiger partial charge in [0.1, 0.15) is 0 Å². The van der Waals surface area contributed by atoms with Crippen LogP contribution in [0, 0.1) is 0 Å². The Labute approximate surface area is 67.5 Å². The van der Waals surface area contributed by atoms with Gasteiger partial charge in [0.25, 0.3) is 0 Å². The Morgan fingerprint density at radius 2 is 2.18 bits per heavy atom. The van der Waals surface area contributed by atoms with Crippen molar-refractivity contribution in [2.75, 3.05) is 13.1 Å². The fourth-order valence-corrected chi connectivity index (χ4v) is 0.701. The number of carbonyl (C=O) groups is 1. The summed E-state index contributed by atoms with van der Waals surface area (Å²) in [5, 5.41) is 3.14. The summed E-state index contributed by atoms with van der Waals surface area (Å²) in [6.45, 7) is 3.83. The van der Waals surface area contributed by atoms with E-state index in [0.29, 0.717) is 13.0 Å². The first-order valence-electron chi connectivity index (χ1n) is 4.01. The molecule has 1 amide bonds. The lowest BCUT2D eigenvalue weighted by atomic mass is 10.3. The van der Waals surface area contributed by atoms with Crippen LogP contribution in [0.1, 0.15) is 26.2 Å². The normalized spacial score (nSPS) is 9.64. The Bertz CT molecular complexity index is 106. The summed E-state index contributed by atoms with van der Waals surface area (Å²) in [5.41, 5.74) is 2.08. The van der Waals surface area contributed by atoms with Crippen LogP contribution in [0.3, 0.4) is 0 Å². The Morgan fingerprint density at radius 1 is 1.45 bits per heavy atom. The zero-order valence-electron chi connectivity index (χ0n) is 7.02. The molecular formula is C7H17N3O. The van der Waals surface area contributed by atoms with Crippen LogP contribution in [0.15, 0.2) is 0 Å². The van der Waals surface area contributed by atoms with E-state index in [-0.39, 0.29) is 5.91 Å². The van der Waals surface area contributed by atoms with Crippen LogP contribution in [0.5, 0.6) is 0 Å². The lowest BCUT2D eigenvalue weighted by Gasteiger charge is -2.01. The predicted molar refractivity (Wildman–Crippen MR) is 44.7 cm³/mol. The van der Waals surface area contributed by atoms with Crippen molar-refractivity contribution in [2.45, 2.75) is 26.2 Å². The minimum atomic E-state index is -0.117. The van der Waals surface area contributed by atoms with Gasteiger partial charge in [0.15, 0.2) is 0 Å². The number of carbonyl (C=O) groups excluding carboxylic acids is 1. The molecule has 0 aromatic rings. The molecule has 4 nitrogen and oxygen atoms in total. The second-order valence-corrected chi connectivity index (χ2v) is 2.42. The largest absolute Gasteiger partial charge is 0.316 e. The van der Waals surface area contributed by atoms with Crippen LogP contribution in [0.2, 0.25) is 0 Å². The highest BCUT2D eigenvalue weighted by molar-refractivity contribution is 5.75. The molecule has 66 valence electrons. The lowest BCUT2D eigenvalue weighted by Crippen LogP contribution is -2.32. The molecule has 4 N–H and O–H groups in total. The van der Waals surface area contributed by atoms with Crippen LogP contribution >= 0.6 is 0 Å². The quantitative estimate of drug-likeness (QED) is 0.217. The molecule has 0 saturated carbocycles. The van der Waals surface area contributed by atoms with Gasteiger partial charge in [-0.15, -0.1) is 0 Å². The van der Waals surface area contributed by atoms with Crippen LogP contribution in [0.25, 0.3) is 0 Å². The molecule has 0 atom stereocenters. The minimum absolute atomic E-state index is 0.117. The van der Waals surface area contributed by atoms with Crippen molar-refractivity contribution in [3.63, 3.8) is 0 Å².